The molecule has 3 rings (SSSR count). The molecule has 0 aliphatic carbocycles. The molecule has 0 saturated heterocycles. The first-order chi connectivity index (χ1) is 10.7. The van der Waals surface area contributed by atoms with Crippen molar-refractivity contribution in [3.63, 3.8) is 0 Å². The second-order valence-corrected chi connectivity index (χ2v) is 4.78. The highest BCUT2D eigenvalue weighted by molar-refractivity contribution is 5.91. The van der Waals surface area contributed by atoms with Crippen LogP contribution in [0.5, 0.6) is 0 Å². The Morgan fingerprint density at radius 1 is 1.23 bits per heavy atom. The molecule has 6 nitrogen and oxygen atoms in total. The van der Waals surface area contributed by atoms with E-state index in [4.69, 9.17) is 4.42 Å². The van der Waals surface area contributed by atoms with Crippen molar-refractivity contribution in [2.45, 2.75) is 13.5 Å². The molecule has 0 aliphatic heterocycles. The Labute approximate surface area is 127 Å². The molecule has 0 spiro atoms. The molecule has 22 heavy (non-hydrogen) atoms. The normalized spacial score (nSPS) is 10.4. The van der Waals surface area contributed by atoms with Crippen LogP contribution in [0.4, 0.5) is 0 Å². The SMILES string of the molecule is Cc1ccc(-c2nc(CNC(=O)c3cnccn3)co2)cc1. The van der Waals surface area contributed by atoms with Gasteiger partial charge in [-0.05, 0) is 19.1 Å². The lowest BCUT2D eigenvalue weighted by Gasteiger charge is -2.01. The van der Waals surface area contributed by atoms with E-state index in [1.165, 1.54) is 30.4 Å². The van der Waals surface area contributed by atoms with Crippen LogP contribution < -0.4 is 5.32 Å². The predicted molar refractivity (Wildman–Crippen MR) is 79.9 cm³/mol. The maximum Gasteiger partial charge on any atom is 0.271 e. The van der Waals surface area contributed by atoms with Crippen LogP contribution in [0.3, 0.4) is 0 Å². The molecule has 2 heterocycles. The fourth-order valence-electron chi connectivity index (χ4n) is 1.89. The first kappa shape index (κ1) is 13.9. The van der Waals surface area contributed by atoms with Gasteiger partial charge in [-0.2, -0.15) is 0 Å². The molecule has 0 fully saturated rings. The van der Waals surface area contributed by atoms with Gasteiger partial charge in [0.25, 0.3) is 5.91 Å². The fraction of sp³-hybridized carbons (Fsp3) is 0.125. The first-order valence-electron chi connectivity index (χ1n) is 6.78. The molecule has 1 N–H and O–H groups in total. The maximum atomic E-state index is 11.9. The Morgan fingerprint density at radius 3 is 2.77 bits per heavy atom. The van der Waals surface area contributed by atoms with E-state index >= 15 is 0 Å². The Kier molecular flexibility index (Phi) is 3.91. The summed E-state index contributed by atoms with van der Waals surface area (Å²) in [5.41, 5.74) is 2.99. The van der Waals surface area contributed by atoms with Crippen LogP contribution in [-0.4, -0.2) is 20.9 Å². The lowest BCUT2D eigenvalue weighted by Crippen LogP contribution is -2.24. The van der Waals surface area contributed by atoms with Crippen molar-refractivity contribution >= 4 is 5.91 Å². The number of nitrogens with zero attached hydrogens (tertiary/aromatic N) is 3. The molecule has 110 valence electrons. The Balaban J connectivity index is 1.65. The number of hydrogen-bond donors (Lipinski definition) is 1. The minimum absolute atomic E-state index is 0.268. The number of hydrogen-bond acceptors (Lipinski definition) is 5. The molecule has 0 atom stereocenters. The molecule has 2 aromatic heterocycles. The molecule has 1 amide bonds. The molecule has 3 aromatic rings. The number of carbonyl (C=O) groups excluding carboxylic acids is 1. The van der Waals surface area contributed by atoms with E-state index in [0.29, 0.717) is 11.6 Å². The summed E-state index contributed by atoms with van der Waals surface area (Å²) in [6.07, 6.45) is 5.94. The van der Waals surface area contributed by atoms with Gasteiger partial charge in [-0.1, -0.05) is 17.7 Å². The van der Waals surface area contributed by atoms with Gasteiger partial charge < -0.3 is 9.73 Å². The van der Waals surface area contributed by atoms with E-state index in [1.807, 2.05) is 31.2 Å². The number of nitrogens with one attached hydrogen (secondary N) is 1. The first-order valence-corrected chi connectivity index (χ1v) is 6.78. The van der Waals surface area contributed by atoms with Gasteiger partial charge in [-0.25, -0.2) is 9.97 Å². The topological polar surface area (TPSA) is 80.9 Å². The number of rotatable bonds is 4. The van der Waals surface area contributed by atoms with Crippen molar-refractivity contribution in [3.8, 4) is 11.5 Å². The molecule has 6 heteroatoms. The number of benzene rings is 1. The standard InChI is InChI=1S/C16H14N4O2/c1-11-2-4-12(5-3-11)16-20-13(10-22-16)8-19-15(21)14-9-17-6-7-18-14/h2-7,9-10H,8H2,1H3,(H,19,21). The summed E-state index contributed by atoms with van der Waals surface area (Å²) in [6.45, 7) is 2.29. The minimum atomic E-state index is -0.298. The van der Waals surface area contributed by atoms with Gasteiger partial charge >= 0.3 is 0 Å². The van der Waals surface area contributed by atoms with Crippen LogP contribution in [0.15, 0.2) is 53.5 Å². The Morgan fingerprint density at radius 2 is 2.05 bits per heavy atom. The highest BCUT2D eigenvalue weighted by Crippen LogP contribution is 2.18. The number of aryl methyl sites for hydroxylation is 1. The van der Waals surface area contributed by atoms with Crippen LogP contribution in [0, 0.1) is 6.92 Å². The van der Waals surface area contributed by atoms with E-state index in [0.717, 1.165) is 5.56 Å². The molecule has 0 radical (unpaired) electrons. The summed E-state index contributed by atoms with van der Waals surface area (Å²) in [5, 5.41) is 2.73. The second-order valence-electron chi connectivity index (χ2n) is 4.78. The van der Waals surface area contributed by atoms with Gasteiger partial charge in [0.15, 0.2) is 0 Å². The zero-order valence-electron chi connectivity index (χ0n) is 12.0. The largest absolute Gasteiger partial charge is 0.444 e. The monoisotopic (exact) mass is 294 g/mol. The smallest absolute Gasteiger partial charge is 0.271 e. The molecule has 1 aromatic carbocycles. The third-order valence-corrected chi connectivity index (χ3v) is 3.08. The number of oxazole rings is 1. The van der Waals surface area contributed by atoms with Gasteiger partial charge in [-0.3, -0.25) is 9.78 Å². The van der Waals surface area contributed by atoms with E-state index in [-0.39, 0.29) is 18.1 Å². The second kappa shape index (κ2) is 6.17. The molecular formula is C16H14N4O2. The summed E-state index contributed by atoms with van der Waals surface area (Å²) in [6, 6.07) is 7.89. The lowest BCUT2D eigenvalue weighted by atomic mass is 10.1. The van der Waals surface area contributed by atoms with Gasteiger partial charge in [0.1, 0.15) is 12.0 Å². The zero-order chi connectivity index (χ0) is 15.4. The van der Waals surface area contributed by atoms with E-state index < -0.39 is 0 Å². The number of aromatic nitrogens is 3. The van der Waals surface area contributed by atoms with E-state index in [1.54, 1.807) is 0 Å². The van der Waals surface area contributed by atoms with Crippen LogP contribution in [0.1, 0.15) is 21.7 Å². The average Bonchev–Trinajstić information content (AvgIpc) is 3.03. The molecule has 0 aliphatic rings. The average molecular weight is 294 g/mol. The van der Waals surface area contributed by atoms with Crippen molar-refractivity contribution in [2.75, 3.05) is 0 Å². The fourth-order valence-corrected chi connectivity index (χ4v) is 1.89. The molecule has 0 unspecified atom stereocenters. The zero-order valence-corrected chi connectivity index (χ0v) is 12.0. The lowest BCUT2D eigenvalue weighted by molar-refractivity contribution is 0.0945. The van der Waals surface area contributed by atoms with Gasteiger partial charge in [0.05, 0.1) is 18.4 Å². The predicted octanol–water partition coefficient (Wildman–Crippen LogP) is 2.37. The van der Waals surface area contributed by atoms with Crippen molar-refractivity contribution in [2.24, 2.45) is 0 Å². The summed E-state index contributed by atoms with van der Waals surface area (Å²) in [5.74, 6) is 0.233. The summed E-state index contributed by atoms with van der Waals surface area (Å²) in [4.78, 5) is 24.0. The Bertz CT molecular complexity index is 766. The number of amides is 1. The highest BCUT2D eigenvalue weighted by atomic mass is 16.3. The summed E-state index contributed by atoms with van der Waals surface area (Å²) in [7, 11) is 0. The van der Waals surface area contributed by atoms with Crippen molar-refractivity contribution in [1.29, 1.82) is 0 Å². The van der Waals surface area contributed by atoms with Gasteiger partial charge in [0, 0.05) is 18.0 Å². The van der Waals surface area contributed by atoms with Gasteiger partial charge in [0.2, 0.25) is 5.89 Å². The molecule has 0 bridgehead atoms. The van der Waals surface area contributed by atoms with Gasteiger partial charge in [-0.15, -0.1) is 0 Å². The quantitative estimate of drug-likeness (QED) is 0.799. The molecule has 0 saturated carbocycles. The Hall–Kier alpha value is -3.02. The van der Waals surface area contributed by atoms with Crippen LogP contribution >= 0.6 is 0 Å². The summed E-state index contributed by atoms with van der Waals surface area (Å²) < 4.78 is 5.44. The number of carbonyl (C=O) groups is 1. The van der Waals surface area contributed by atoms with Crippen molar-refractivity contribution in [1.82, 2.24) is 20.3 Å². The third kappa shape index (κ3) is 3.17. The third-order valence-electron chi connectivity index (χ3n) is 3.08. The molecular weight excluding hydrogens is 280 g/mol. The van der Waals surface area contributed by atoms with E-state index in [2.05, 4.69) is 20.3 Å². The van der Waals surface area contributed by atoms with Crippen LogP contribution in [0.25, 0.3) is 11.5 Å². The van der Waals surface area contributed by atoms with E-state index in [9.17, 15) is 4.79 Å². The maximum absolute atomic E-state index is 11.9. The minimum Gasteiger partial charge on any atom is -0.444 e. The highest BCUT2D eigenvalue weighted by Gasteiger charge is 2.10. The van der Waals surface area contributed by atoms with Crippen molar-refractivity contribution < 1.29 is 9.21 Å². The van der Waals surface area contributed by atoms with Crippen molar-refractivity contribution in [3.05, 3.63) is 66.1 Å². The van der Waals surface area contributed by atoms with Crippen LogP contribution in [0.2, 0.25) is 0 Å². The van der Waals surface area contributed by atoms with Crippen LogP contribution in [-0.2, 0) is 6.54 Å². The summed E-state index contributed by atoms with van der Waals surface area (Å²) >= 11 is 0.